The Kier molecular flexibility index (Phi) is 10.5. The molecule has 0 saturated heterocycles. The van der Waals surface area contributed by atoms with E-state index in [2.05, 4.69) is 31.2 Å². The predicted octanol–water partition coefficient (Wildman–Crippen LogP) is 3.57. The first kappa shape index (κ1) is 25.6. The van der Waals surface area contributed by atoms with E-state index in [9.17, 15) is 4.79 Å². The van der Waals surface area contributed by atoms with Crippen LogP contribution in [0.25, 0.3) is 11.0 Å². The summed E-state index contributed by atoms with van der Waals surface area (Å²) in [5.41, 5.74) is 3.31. The Hall–Kier alpha value is -2.62. The van der Waals surface area contributed by atoms with Crippen LogP contribution < -0.4 is 10.6 Å². The molecule has 172 valence electrons. The minimum Gasteiger partial charge on any atom is -0.356 e. The zero-order chi connectivity index (χ0) is 22.1. The number of aryl methyl sites for hydroxylation is 2. The maximum Gasteiger partial charge on any atom is 0.242 e. The monoisotopic (exact) mass is 548 g/mol. The van der Waals surface area contributed by atoms with Crippen molar-refractivity contribution in [3.8, 4) is 0 Å². The second kappa shape index (κ2) is 13.0. The van der Waals surface area contributed by atoms with Crippen LogP contribution in [-0.4, -0.2) is 53.0 Å². The number of hydrogen-bond acceptors (Lipinski definition) is 3. The lowest BCUT2D eigenvalue weighted by Crippen LogP contribution is -2.44. The van der Waals surface area contributed by atoms with Crippen LogP contribution in [0.1, 0.15) is 24.7 Å². The lowest BCUT2D eigenvalue weighted by Gasteiger charge is -2.22. The third-order valence-electron chi connectivity index (χ3n) is 5.28. The van der Waals surface area contributed by atoms with E-state index in [0.29, 0.717) is 19.0 Å². The number of imidazole rings is 1. The summed E-state index contributed by atoms with van der Waals surface area (Å²) < 4.78 is 2.24. The van der Waals surface area contributed by atoms with Gasteiger partial charge in [0.15, 0.2) is 5.96 Å². The number of fused-ring (bicyclic) bond motifs is 1. The zero-order valence-electron chi connectivity index (χ0n) is 19.0. The van der Waals surface area contributed by atoms with Gasteiger partial charge >= 0.3 is 0 Å². The smallest absolute Gasteiger partial charge is 0.242 e. The molecule has 0 aliphatic carbocycles. The molecule has 1 aromatic heterocycles. The Balaban J connectivity index is 0.00000363. The molecule has 8 heteroatoms. The van der Waals surface area contributed by atoms with E-state index >= 15 is 0 Å². The normalized spacial score (nSPS) is 11.2. The number of rotatable bonds is 9. The number of nitrogens with zero attached hydrogens (tertiary/aromatic N) is 4. The van der Waals surface area contributed by atoms with Gasteiger partial charge in [0.2, 0.25) is 5.91 Å². The molecule has 0 saturated carbocycles. The van der Waals surface area contributed by atoms with Gasteiger partial charge in [-0.15, -0.1) is 24.0 Å². The van der Waals surface area contributed by atoms with Crippen molar-refractivity contribution in [2.75, 3.05) is 26.7 Å². The zero-order valence-corrected chi connectivity index (χ0v) is 21.4. The maximum atomic E-state index is 12.6. The van der Waals surface area contributed by atoms with Crippen LogP contribution in [0.3, 0.4) is 0 Å². The molecule has 2 aromatic carbocycles. The van der Waals surface area contributed by atoms with Crippen LogP contribution in [0.5, 0.6) is 0 Å². The van der Waals surface area contributed by atoms with E-state index in [4.69, 9.17) is 0 Å². The van der Waals surface area contributed by atoms with Gasteiger partial charge in [-0.25, -0.2) is 4.98 Å². The number of likely N-dealkylation sites (N-methyl/N-ethyl adjacent to an activating group) is 1. The lowest BCUT2D eigenvalue weighted by atomic mass is 10.2. The van der Waals surface area contributed by atoms with Gasteiger partial charge in [-0.05, 0) is 38.0 Å². The van der Waals surface area contributed by atoms with Gasteiger partial charge in [0.1, 0.15) is 5.82 Å². The largest absolute Gasteiger partial charge is 0.356 e. The minimum atomic E-state index is 0. The molecule has 7 nitrogen and oxygen atoms in total. The number of guanidine groups is 1. The van der Waals surface area contributed by atoms with Gasteiger partial charge in [0.25, 0.3) is 0 Å². The molecular formula is C24H33IN6O. The first-order valence-corrected chi connectivity index (χ1v) is 10.8. The van der Waals surface area contributed by atoms with Crippen LogP contribution in [0.2, 0.25) is 0 Å². The highest BCUT2D eigenvalue weighted by molar-refractivity contribution is 14.0. The number of benzene rings is 2. The van der Waals surface area contributed by atoms with Crippen molar-refractivity contribution in [3.63, 3.8) is 0 Å². The molecule has 2 N–H and O–H groups in total. The van der Waals surface area contributed by atoms with Crippen molar-refractivity contribution < 1.29 is 4.79 Å². The summed E-state index contributed by atoms with van der Waals surface area (Å²) in [5.74, 6) is 1.71. The average Bonchev–Trinajstić information content (AvgIpc) is 3.12. The topological polar surface area (TPSA) is 74.6 Å². The molecule has 0 radical (unpaired) electrons. The summed E-state index contributed by atoms with van der Waals surface area (Å²) >= 11 is 0. The Morgan fingerprint density at radius 3 is 2.53 bits per heavy atom. The second-order valence-corrected chi connectivity index (χ2v) is 7.40. The number of amides is 1. The molecule has 0 fully saturated rings. The van der Waals surface area contributed by atoms with Gasteiger partial charge in [0, 0.05) is 33.2 Å². The summed E-state index contributed by atoms with van der Waals surface area (Å²) in [5, 5.41) is 6.43. The van der Waals surface area contributed by atoms with Crippen molar-refractivity contribution in [1.82, 2.24) is 25.1 Å². The van der Waals surface area contributed by atoms with Gasteiger partial charge in [-0.2, -0.15) is 0 Å². The molecule has 32 heavy (non-hydrogen) atoms. The summed E-state index contributed by atoms with van der Waals surface area (Å²) in [6.45, 7) is 7.15. The molecule has 0 spiro atoms. The Morgan fingerprint density at radius 1 is 1.09 bits per heavy atom. The average molecular weight is 548 g/mol. The van der Waals surface area contributed by atoms with Crippen LogP contribution in [0.4, 0.5) is 0 Å². The highest BCUT2D eigenvalue weighted by atomic mass is 127. The quantitative estimate of drug-likeness (QED) is 0.186. The first-order chi connectivity index (χ1) is 15.1. The van der Waals surface area contributed by atoms with Crippen molar-refractivity contribution in [2.24, 2.45) is 4.99 Å². The number of nitrogens with one attached hydrogen (secondary N) is 2. The number of carbonyl (C=O) groups excluding carboxylic acids is 1. The molecule has 1 heterocycles. The highest BCUT2D eigenvalue weighted by Gasteiger charge is 2.13. The first-order valence-electron chi connectivity index (χ1n) is 10.8. The van der Waals surface area contributed by atoms with E-state index in [1.165, 1.54) is 0 Å². The fraction of sp³-hybridized carbons (Fsp3) is 0.375. The number of halogens is 1. The molecular weight excluding hydrogens is 515 g/mol. The molecule has 0 unspecified atom stereocenters. The second-order valence-electron chi connectivity index (χ2n) is 7.40. The molecule has 1 amide bonds. The van der Waals surface area contributed by atoms with Gasteiger partial charge in [0.05, 0.1) is 17.6 Å². The summed E-state index contributed by atoms with van der Waals surface area (Å²) in [7, 11) is 1.72. The molecule has 3 aromatic rings. The van der Waals surface area contributed by atoms with Gasteiger partial charge in [-0.3, -0.25) is 9.79 Å². The Morgan fingerprint density at radius 2 is 1.81 bits per heavy atom. The molecule has 0 atom stereocenters. The highest BCUT2D eigenvalue weighted by Crippen LogP contribution is 2.15. The number of para-hydroxylation sites is 2. The van der Waals surface area contributed by atoms with Crippen molar-refractivity contribution in [2.45, 2.75) is 33.4 Å². The van der Waals surface area contributed by atoms with Crippen molar-refractivity contribution in [3.05, 3.63) is 66.0 Å². The fourth-order valence-corrected chi connectivity index (χ4v) is 3.59. The Labute approximate surface area is 207 Å². The molecule has 0 aliphatic heterocycles. The molecule has 0 aliphatic rings. The van der Waals surface area contributed by atoms with Gasteiger partial charge in [-0.1, -0.05) is 42.5 Å². The lowest BCUT2D eigenvalue weighted by molar-refractivity contribution is -0.130. The number of hydrogen-bond donors (Lipinski definition) is 2. The number of aliphatic imine (C=N–C) groups is 1. The predicted molar refractivity (Wildman–Crippen MR) is 141 cm³/mol. The van der Waals surface area contributed by atoms with E-state index in [1.807, 2.05) is 67.3 Å². The minimum absolute atomic E-state index is 0. The summed E-state index contributed by atoms with van der Waals surface area (Å²) in [6.07, 6.45) is 0.922. The Bertz CT molecular complexity index is 1020. The van der Waals surface area contributed by atoms with Crippen LogP contribution >= 0.6 is 24.0 Å². The van der Waals surface area contributed by atoms with Crippen molar-refractivity contribution >= 4 is 46.9 Å². The van der Waals surface area contributed by atoms with E-state index < -0.39 is 0 Å². The third-order valence-corrected chi connectivity index (χ3v) is 5.28. The van der Waals surface area contributed by atoms with Crippen molar-refractivity contribution in [1.29, 1.82) is 0 Å². The molecule has 0 bridgehead atoms. The van der Waals surface area contributed by atoms with Crippen LogP contribution in [0, 0.1) is 6.92 Å². The maximum absolute atomic E-state index is 12.6. The third kappa shape index (κ3) is 6.94. The van der Waals surface area contributed by atoms with E-state index in [0.717, 1.165) is 41.9 Å². The summed E-state index contributed by atoms with van der Waals surface area (Å²) in [6, 6.07) is 18.2. The standard InChI is InChI=1S/C24H32N6O.HI/c1-4-29(18-20-11-6-5-7-12-20)23(31)17-27-24(25-3)26-15-10-16-30-19(2)28-21-13-8-9-14-22(21)30;/h5-9,11-14H,4,10,15-18H2,1-3H3,(H2,25,26,27);1H. The van der Waals surface area contributed by atoms with Crippen LogP contribution in [0.15, 0.2) is 59.6 Å². The fourth-order valence-electron chi connectivity index (χ4n) is 3.59. The number of carbonyl (C=O) groups is 1. The molecule has 3 rings (SSSR count). The van der Waals surface area contributed by atoms with Crippen LogP contribution in [-0.2, 0) is 17.9 Å². The number of aromatic nitrogens is 2. The van der Waals surface area contributed by atoms with E-state index in [1.54, 1.807) is 7.05 Å². The van der Waals surface area contributed by atoms with E-state index in [-0.39, 0.29) is 36.4 Å². The van der Waals surface area contributed by atoms with Gasteiger partial charge < -0.3 is 20.1 Å². The summed E-state index contributed by atoms with van der Waals surface area (Å²) in [4.78, 5) is 23.3. The SMILES string of the molecule is CCN(Cc1ccccc1)C(=O)CNC(=NC)NCCCn1c(C)nc2ccccc21.I.